The molecule has 4 heterocycles. The number of carbonyl (C=O) groups excluding carboxylic acids is 3. The van der Waals surface area contributed by atoms with E-state index in [2.05, 4.69) is 23.5 Å². The number of para-hydroxylation sites is 1. The van der Waals surface area contributed by atoms with Crippen molar-refractivity contribution in [3.05, 3.63) is 49.6 Å². The van der Waals surface area contributed by atoms with Crippen molar-refractivity contribution in [3.63, 3.8) is 0 Å². The van der Waals surface area contributed by atoms with E-state index in [9.17, 15) is 19.5 Å². The lowest BCUT2D eigenvalue weighted by Crippen LogP contribution is -2.55. The lowest BCUT2D eigenvalue weighted by atomic mass is 9.66. The summed E-state index contributed by atoms with van der Waals surface area (Å²) < 4.78 is 6.10. The Labute approximate surface area is 244 Å². The van der Waals surface area contributed by atoms with Gasteiger partial charge in [-0.3, -0.25) is 14.4 Å². The summed E-state index contributed by atoms with van der Waals surface area (Å²) in [5.41, 5.74) is 1.54. The maximum absolute atomic E-state index is 14.6. The van der Waals surface area contributed by atoms with Gasteiger partial charge >= 0.3 is 5.97 Å². The van der Waals surface area contributed by atoms with Crippen LogP contribution in [-0.4, -0.2) is 89.5 Å². The first kappa shape index (κ1) is 29.3. The van der Waals surface area contributed by atoms with E-state index in [1.54, 1.807) is 38.4 Å². The van der Waals surface area contributed by atoms with Gasteiger partial charge in [-0.05, 0) is 57.6 Å². The number of fused-ring (bicyclic) bond motifs is 2. The van der Waals surface area contributed by atoms with Gasteiger partial charge < -0.3 is 19.6 Å². The minimum atomic E-state index is -0.735. The second-order valence-corrected chi connectivity index (χ2v) is 13.3. The molecule has 11 heteroatoms. The Morgan fingerprint density at radius 3 is 2.78 bits per heavy atom. The topological polar surface area (TPSA) is 118 Å². The molecule has 3 aliphatic heterocycles. The molecule has 1 aromatic carbocycles. The van der Waals surface area contributed by atoms with E-state index < -0.39 is 27.4 Å². The Bertz CT molecular complexity index is 1330. The average Bonchev–Trinajstić information content (AvgIpc) is 3.66. The SMILES string of the molecule is C=CCCOC(=O)[C@@H]1[C@H]2C(=O)N(CCCCCO)C(C(=O)N(CC=C)Cn3nnc4ccccc43)C23CC[C@@]1(C)S3. The maximum atomic E-state index is 14.6. The van der Waals surface area contributed by atoms with Gasteiger partial charge in [-0.15, -0.1) is 30.0 Å². The van der Waals surface area contributed by atoms with E-state index in [0.29, 0.717) is 32.2 Å². The number of benzene rings is 1. The third-order valence-corrected chi connectivity index (χ3v) is 10.8. The molecule has 5 rings (SSSR count). The quantitative estimate of drug-likeness (QED) is 0.205. The van der Waals surface area contributed by atoms with Crippen molar-refractivity contribution in [3.8, 4) is 0 Å². The minimum Gasteiger partial charge on any atom is -0.465 e. The number of aromatic nitrogens is 3. The second-order valence-electron chi connectivity index (χ2n) is 11.4. The van der Waals surface area contributed by atoms with Crippen molar-refractivity contribution in [2.24, 2.45) is 11.8 Å². The van der Waals surface area contributed by atoms with Crippen molar-refractivity contribution < 1.29 is 24.2 Å². The van der Waals surface area contributed by atoms with Gasteiger partial charge in [0.2, 0.25) is 11.8 Å². The Balaban J connectivity index is 1.49. The fourth-order valence-corrected chi connectivity index (χ4v) is 9.28. The molecule has 0 aliphatic carbocycles. The summed E-state index contributed by atoms with van der Waals surface area (Å²) in [6.45, 7) is 10.7. The van der Waals surface area contributed by atoms with Crippen LogP contribution in [0.25, 0.3) is 11.0 Å². The summed E-state index contributed by atoms with van der Waals surface area (Å²) in [7, 11) is 0. The number of aliphatic hydroxyl groups is 1. The first-order chi connectivity index (χ1) is 19.8. The number of nitrogens with zero attached hydrogens (tertiary/aromatic N) is 5. The van der Waals surface area contributed by atoms with Gasteiger partial charge in [0, 0.05) is 24.4 Å². The summed E-state index contributed by atoms with van der Waals surface area (Å²) in [5, 5.41) is 17.8. The lowest BCUT2D eigenvalue weighted by Gasteiger charge is -2.37. The van der Waals surface area contributed by atoms with Crippen LogP contribution in [-0.2, 0) is 25.8 Å². The van der Waals surface area contributed by atoms with E-state index in [0.717, 1.165) is 23.9 Å². The molecular weight excluding hydrogens is 542 g/mol. The summed E-state index contributed by atoms with van der Waals surface area (Å²) in [5.74, 6) is -1.96. The average molecular weight is 582 g/mol. The van der Waals surface area contributed by atoms with Gasteiger partial charge in [0.15, 0.2) is 0 Å². The zero-order chi connectivity index (χ0) is 29.2. The van der Waals surface area contributed by atoms with Crippen LogP contribution in [0.2, 0.25) is 0 Å². The number of esters is 1. The van der Waals surface area contributed by atoms with E-state index in [1.165, 1.54) is 0 Å². The number of amides is 2. The van der Waals surface area contributed by atoms with Crippen LogP contribution in [0.3, 0.4) is 0 Å². The molecule has 1 spiro atoms. The molecule has 1 N–H and O–H groups in total. The van der Waals surface area contributed by atoms with E-state index >= 15 is 0 Å². The zero-order valence-electron chi connectivity index (χ0n) is 23.6. The van der Waals surface area contributed by atoms with Gasteiger partial charge in [0.05, 0.1) is 28.7 Å². The Hall–Kier alpha value is -3.18. The van der Waals surface area contributed by atoms with E-state index in [1.807, 2.05) is 31.2 Å². The molecule has 10 nitrogen and oxygen atoms in total. The standard InChI is InChI=1S/C30H39N5O5S/c1-4-6-19-40-28(39)24-23-26(37)34(17-10-7-11-18-36)25(30(23)15-14-29(24,3)41-30)27(38)33(16-5-2)20-35-22-13-9-8-12-21(22)31-32-35/h4-5,8-9,12-13,23-25,36H,1-2,6-7,10-11,14-20H2,3H3/t23-,24-,25?,29+,30?/m0/s1. The van der Waals surface area contributed by atoms with Crippen LogP contribution < -0.4 is 0 Å². The third kappa shape index (κ3) is 5.07. The van der Waals surface area contributed by atoms with E-state index in [4.69, 9.17) is 4.74 Å². The highest BCUT2D eigenvalue weighted by atomic mass is 32.2. The largest absolute Gasteiger partial charge is 0.465 e. The predicted octanol–water partition coefficient (Wildman–Crippen LogP) is 3.17. The van der Waals surface area contributed by atoms with Gasteiger partial charge in [0.25, 0.3) is 0 Å². The molecule has 2 amide bonds. The number of rotatable bonds is 14. The fraction of sp³-hybridized carbons (Fsp3) is 0.567. The highest BCUT2D eigenvalue weighted by molar-refractivity contribution is 8.02. The molecule has 2 unspecified atom stereocenters. The molecule has 3 saturated heterocycles. The molecule has 2 aromatic rings. The molecule has 0 saturated carbocycles. The van der Waals surface area contributed by atoms with Gasteiger partial charge in [-0.25, -0.2) is 4.68 Å². The van der Waals surface area contributed by atoms with Crippen molar-refractivity contribution in [2.45, 2.75) is 67.7 Å². The third-order valence-electron chi connectivity index (χ3n) is 8.77. The summed E-state index contributed by atoms with van der Waals surface area (Å²) in [6.07, 6.45) is 7.32. The highest BCUT2D eigenvalue weighted by Crippen LogP contribution is 2.71. The van der Waals surface area contributed by atoms with Crippen molar-refractivity contribution >= 4 is 40.6 Å². The number of thioether (sulfide) groups is 1. The van der Waals surface area contributed by atoms with Crippen LogP contribution in [0.4, 0.5) is 0 Å². The summed E-state index contributed by atoms with van der Waals surface area (Å²) in [6, 6.07) is 6.83. The predicted molar refractivity (Wildman–Crippen MR) is 157 cm³/mol. The van der Waals surface area contributed by atoms with Crippen LogP contribution in [0.5, 0.6) is 0 Å². The molecular formula is C30H39N5O5S. The second kappa shape index (κ2) is 12.0. The summed E-state index contributed by atoms with van der Waals surface area (Å²) in [4.78, 5) is 45.7. The van der Waals surface area contributed by atoms with Gasteiger partial charge in [-0.1, -0.05) is 29.5 Å². The van der Waals surface area contributed by atoms with Gasteiger partial charge in [0.1, 0.15) is 18.2 Å². The molecule has 2 bridgehead atoms. The highest BCUT2D eigenvalue weighted by Gasteiger charge is 2.77. The Morgan fingerprint density at radius 1 is 1.22 bits per heavy atom. The minimum absolute atomic E-state index is 0.0780. The number of unbranched alkanes of at least 4 members (excludes halogenated alkanes) is 2. The number of hydrogen-bond acceptors (Lipinski definition) is 8. The first-order valence-electron chi connectivity index (χ1n) is 14.4. The van der Waals surface area contributed by atoms with Crippen LogP contribution >= 0.6 is 11.8 Å². The normalized spacial score (nSPS) is 28.2. The Kier molecular flexibility index (Phi) is 8.56. The van der Waals surface area contributed by atoms with Crippen LogP contribution in [0.1, 0.15) is 45.4 Å². The maximum Gasteiger partial charge on any atom is 0.311 e. The number of likely N-dealkylation sites (tertiary alicyclic amines) is 1. The van der Waals surface area contributed by atoms with Crippen LogP contribution in [0.15, 0.2) is 49.6 Å². The number of ether oxygens (including phenoxy) is 1. The van der Waals surface area contributed by atoms with Gasteiger partial charge in [-0.2, -0.15) is 0 Å². The zero-order valence-corrected chi connectivity index (χ0v) is 24.4. The fourth-order valence-electron chi connectivity index (χ4n) is 6.94. The van der Waals surface area contributed by atoms with Crippen molar-refractivity contribution in [1.29, 1.82) is 0 Å². The molecule has 5 atom stereocenters. The molecule has 0 radical (unpaired) electrons. The molecule has 41 heavy (non-hydrogen) atoms. The number of hydrogen-bond donors (Lipinski definition) is 1. The monoisotopic (exact) mass is 581 g/mol. The van der Waals surface area contributed by atoms with Crippen molar-refractivity contribution in [1.82, 2.24) is 24.8 Å². The smallest absolute Gasteiger partial charge is 0.311 e. The molecule has 3 aliphatic rings. The first-order valence-corrected chi connectivity index (χ1v) is 15.2. The van der Waals surface area contributed by atoms with Crippen LogP contribution in [0, 0.1) is 11.8 Å². The Morgan fingerprint density at radius 2 is 2.02 bits per heavy atom. The lowest BCUT2D eigenvalue weighted by molar-refractivity contribution is -0.155. The van der Waals surface area contributed by atoms with E-state index in [-0.39, 0.29) is 44.2 Å². The van der Waals surface area contributed by atoms with Crippen molar-refractivity contribution in [2.75, 3.05) is 26.3 Å². The number of carbonyl (C=O) groups is 3. The molecule has 1 aromatic heterocycles. The molecule has 220 valence electrons. The summed E-state index contributed by atoms with van der Waals surface area (Å²) >= 11 is 1.63. The number of aliphatic hydroxyl groups excluding tert-OH is 1. The molecule has 3 fully saturated rings.